The van der Waals surface area contributed by atoms with Crippen LogP contribution in [0, 0.1) is 0 Å². The molecule has 1 atom stereocenters. The molecule has 0 spiro atoms. The average molecular weight is 344 g/mol. The quantitative estimate of drug-likeness (QED) is 0.745. The van der Waals surface area contributed by atoms with Crippen LogP contribution in [0.1, 0.15) is 36.7 Å². The van der Waals surface area contributed by atoms with Gasteiger partial charge in [0.25, 0.3) is 5.91 Å². The lowest BCUT2D eigenvalue weighted by Gasteiger charge is -2.20. The van der Waals surface area contributed by atoms with E-state index in [2.05, 4.69) is 10.6 Å². The third kappa shape index (κ3) is 4.26. The average Bonchev–Trinajstić information content (AvgIpc) is 3.09. The molecule has 0 aliphatic heterocycles. The summed E-state index contributed by atoms with van der Waals surface area (Å²) in [5, 5.41) is 14.5. The number of hydrogen-bond acceptors (Lipinski definition) is 4. The maximum absolute atomic E-state index is 12.2. The van der Waals surface area contributed by atoms with Gasteiger partial charge in [-0.1, -0.05) is 12.1 Å². The number of hydrogen-bond donors (Lipinski definition) is 3. The number of carbonyl (C=O) groups excluding carboxylic acids is 2. The van der Waals surface area contributed by atoms with Gasteiger partial charge in [0.2, 0.25) is 5.91 Å². The summed E-state index contributed by atoms with van der Waals surface area (Å²) in [6.45, 7) is 4.78. The minimum Gasteiger partial charge on any atom is -0.481 e. The maximum Gasteiger partial charge on any atom is 0.313 e. The van der Waals surface area contributed by atoms with E-state index < -0.39 is 23.3 Å². The van der Waals surface area contributed by atoms with E-state index in [-0.39, 0.29) is 5.91 Å². The van der Waals surface area contributed by atoms with Crippen molar-refractivity contribution in [1.29, 1.82) is 0 Å². The highest BCUT2D eigenvalue weighted by Gasteiger charge is 2.29. The zero-order valence-electron chi connectivity index (χ0n) is 14.2. The van der Waals surface area contributed by atoms with Crippen LogP contribution in [-0.2, 0) is 15.0 Å². The Morgan fingerprint density at radius 1 is 1.12 bits per heavy atom. The second kappa shape index (κ2) is 7.21. The van der Waals surface area contributed by atoms with Crippen molar-refractivity contribution in [3.8, 4) is 0 Å². The zero-order chi connectivity index (χ0) is 18.6. The summed E-state index contributed by atoms with van der Waals surface area (Å²) in [5.74, 6) is -1.73. The van der Waals surface area contributed by atoms with Crippen molar-refractivity contribution >= 4 is 23.5 Å². The van der Waals surface area contributed by atoms with Crippen LogP contribution in [0.25, 0.3) is 0 Å². The molecule has 0 saturated carbocycles. The zero-order valence-corrected chi connectivity index (χ0v) is 14.2. The maximum atomic E-state index is 12.2. The van der Waals surface area contributed by atoms with Gasteiger partial charge < -0.3 is 20.2 Å². The Balaban J connectivity index is 1.98. The molecule has 1 aromatic heterocycles. The van der Waals surface area contributed by atoms with Gasteiger partial charge in [0.15, 0.2) is 0 Å². The molecule has 2 amide bonds. The lowest BCUT2D eigenvalue weighted by atomic mass is 9.85. The molecule has 2 rings (SSSR count). The lowest BCUT2D eigenvalue weighted by Crippen LogP contribution is -2.41. The molecular weight excluding hydrogens is 324 g/mol. The van der Waals surface area contributed by atoms with E-state index in [1.807, 2.05) is 0 Å². The summed E-state index contributed by atoms with van der Waals surface area (Å²) in [4.78, 5) is 35.3. The van der Waals surface area contributed by atoms with Crippen LogP contribution in [0.15, 0.2) is 47.3 Å². The molecule has 2 aromatic rings. The molecule has 7 nitrogen and oxygen atoms in total. The third-order valence-electron chi connectivity index (χ3n) is 3.93. The Hall–Kier alpha value is -3.09. The van der Waals surface area contributed by atoms with E-state index in [0.29, 0.717) is 16.8 Å². The van der Waals surface area contributed by atoms with Crippen LogP contribution >= 0.6 is 0 Å². The molecule has 0 aliphatic rings. The number of aliphatic carboxylic acids is 1. The fraction of sp³-hybridized carbons (Fsp3) is 0.278. The van der Waals surface area contributed by atoms with E-state index in [0.717, 1.165) is 0 Å². The Labute approximate surface area is 145 Å². The first kappa shape index (κ1) is 18.3. The molecule has 1 heterocycles. The number of furan rings is 1. The Morgan fingerprint density at radius 3 is 2.28 bits per heavy atom. The summed E-state index contributed by atoms with van der Waals surface area (Å²) in [6.07, 6.45) is 2.67. The molecule has 0 bridgehead atoms. The van der Waals surface area contributed by atoms with Gasteiger partial charge in [-0.2, -0.15) is 0 Å². The summed E-state index contributed by atoms with van der Waals surface area (Å²) in [5.41, 5.74) is 0.451. The predicted octanol–water partition coefficient (Wildman–Crippen LogP) is 2.40. The van der Waals surface area contributed by atoms with Gasteiger partial charge in [-0.15, -0.1) is 0 Å². The van der Waals surface area contributed by atoms with Crippen LogP contribution in [0.3, 0.4) is 0 Å². The monoisotopic (exact) mass is 344 g/mol. The molecule has 25 heavy (non-hydrogen) atoms. The third-order valence-corrected chi connectivity index (χ3v) is 3.93. The lowest BCUT2D eigenvalue weighted by molar-refractivity contribution is -0.142. The smallest absolute Gasteiger partial charge is 0.313 e. The topological polar surface area (TPSA) is 109 Å². The molecule has 0 radical (unpaired) electrons. The van der Waals surface area contributed by atoms with E-state index in [1.54, 1.807) is 45.0 Å². The number of rotatable bonds is 6. The standard InChI is InChI=1S/C18H20N2O5/c1-11(19-16(22)12-8-9-25-10-12)15(21)20-14-6-4-13(5-7-14)18(2,3)17(23)24/h4-11H,1-3H3,(H,19,22)(H,20,21)(H,23,24). The fourth-order valence-electron chi connectivity index (χ4n) is 2.08. The summed E-state index contributed by atoms with van der Waals surface area (Å²) >= 11 is 0. The molecule has 3 N–H and O–H groups in total. The molecule has 1 unspecified atom stereocenters. The van der Waals surface area contributed by atoms with Crippen LogP contribution in [-0.4, -0.2) is 28.9 Å². The first-order valence-corrected chi connectivity index (χ1v) is 7.69. The van der Waals surface area contributed by atoms with Crippen molar-refractivity contribution in [2.75, 3.05) is 5.32 Å². The molecule has 7 heteroatoms. The fourth-order valence-corrected chi connectivity index (χ4v) is 2.08. The van der Waals surface area contributed by atoms with E-state index in [9.17, 15) is 19.5 Å². The number of carboxylic acids is 1. The van der Waals surface area contributed by atoms with Crippen molar-refractivity contribution in [3.05, 3.63) is 54.0 Å². The number of benzene rings is 1. The van der Waals surface area contributed by atoms with Crippen LogP contribution in [0.2, 0.25) is 0 Å². The van der Waals surface area contributed by atoms with Gasteiger partial charge >= 0.3 is 5.97 Å². The number of anilines is 1. The second-order valence-electron chi connectivity index (χ2n) is 6.20. The molecule has 132 valence electrons. The number of carbonyl (C=O) groups is 3. The van der Waals surface area contributed by atoms with Crippen molar-refractivity contribution in [3.63, 3.8) is 0 Å². The van der Waals surface area contributed by atoms with Gasteiger partial charge in [0.1, 0.15) is 12.3 Å². The van der Waals surface area contributed by atoms with E-state index >= 15 is 0 Å². The SMILES string of the molecule is CC(NC(=O)c1ccoc1)C(=O)Nc1ccc(C(C)(C)C(=O)O)cc1. The largest absolute Gasteiger partial charge is 0.481 e. The molecule has 1 aromatic carbocycles. The Kier molecular flexibility index (Phi) is 5.26. The molecule has 0 aliphatic carbocycles. The highest BCUT2D eigenvalue weighted by Crippen LogP contribution is 2.24. The minimum absolute atomic E-state index is 0.333. The normalized spacial score (nSPS) is 12.3. The van der Waals surface area contributed by atoms with E-state index in [1.165, 1.54) is 18.6 Å². The molecule has 0 fully saturated rings. The van der Waals surface area contributed by atoms with Crippen molar-refractivity contribution in [2.45, 2.75) is 32.2 Å². The molecule has 0 saturated heterocycles. The van der Waals surface area contributed by atoms with Gasteiger partial charge in [-0.05, 0) is 44.5 Å². The van der Waals surface area contributed by atoms with Crippen molar-refractivity contribution in [2.24, 2.45) is 0 Å². The highest BCUT2D eigenvalue weighted by atomic mass is 16.4. The Morgan fingerprint density at radius 2 is 1.76 bits per heavy atom. The summed E-state index contributed by atoms with van der Waals surface area (Å²) < 4.78 is 4.83. The van der Waals surface area contributed by atoms with E-state index in [4.69, 9.17) is 4.42 Å². The number of nitrogens with one attached hydrogen (secondary N) is 2. The Bertz CT molecular complexity index is 763. The van der Waals surface area contributed by atoms with Crippen LogP contribution in [0.5, 0.6) is 0 Å². The summed E-state index contributed by atoms with van der Waals surface area (Å²) in [6, 6.07) is 7.31. The first-order chi connectivity index (χ1) is 11.7. The molecular formula is C18H20N2O5. The predicted molar refractivity (Wildman–Crippen MR) is 91.4 cm³/mol. The second-order valence-corrected chi connectivity index (χ2v) is 6.20. The number of carboxylic acid groups (broad SMARTS) is 1. The highest BCUT2D eigenvalue weighted by molar-refractivity contribution is 6.00. The van der Waals surface area contributed by atoms with Gasteiger partial charge in [-0.3, -0.25) is 14.4 Å². The van der Waals surface area contributed by atoms with Crippen molar-refractivity contribution < 1.29 is 23.9 Å². The minimum atomic E-state index is -1.02. The summed E-state index contributed by atoms with van der Waals surface area (Å²) in [7, 11) is 0. The first-order valence-electron chi connectivity index (χ1n) is 7.69. The number of amides is 2. The van der Waals surface area contributed by atoms with Crippen molar-refractivity contribution in [1.82, 2.24) is 5.32 Å². The van der Waals surface area contributed by atoms with Gasteiger partial charge in [0, 0.05) is 5.69 Å². The van der Waals surface area contributed by atoms with Gasteiger partial charge in [-0.25, -0.2) is 0 Å². The van der Waals surface area contributed by atoms with Crippen LogP contribution in [0.4, 0.5) is 5.69 Å². The van der Waals surface area contributed by atoms with Gasteiger partial charge in [0.05, 0.1) is 17.2 Å². The van der Waals surface area contributed by atoms with Crippen LogP contribution < -0.4 is 10.6 Å².